The highest BCUT2D eigenvalue weighted by Crippen LogP contribution is 2.43. The lowest BCUT2D eigenvalue weighted by Crippen LogP contribution is -2.02. The zero-order valence-corrected chi connectivity index (χ0v) is 29.5. The number of hydrogen-bond acceptors (Lipinski definition) is 0. The van der Waals surface area contributed by atoms with Crippen LogP contribution in [0.15, 0.2) is 176 Å². The van der Waals surface area contributed by atoms with E-state index in [0.717, 1.165) is 72.1 Å². The summed E-state index contributed by atoms with van der Waals surface area (Å²) in [5, 5.41) is 6.85. The molecule has 0 bridgehead atoms. The molecule has 0 spiro atoms. The molecular formula is C50H29N5. The maximum absolute atomic E-state index is 8.25. The van der Waals surface area contributed by atoms with Crippen molar-refractivity contribution in [1.82, 2.24) is 13.7 Å². The number of hydrogen-bond donors (Lipinski definition) is 0. The van der Waals surface area contributed by atoms with Gasteiger partial charge in [-0.25, -0.2) is 9.69 Å². The van der Waals surface area contributed by atoms with E-state index in [2.05, 4.69) is 163 Å². The summed E-state index contributed by atoms with van der Waals surface area (Å²) in [6.45, 7) is 15.9. The van der Waals surface area contributed by atoms with Gasteiger partial charge in [-0.15, -0.1) is 0 Å². The van der Waals surface area contributed by atoms with Crippen LogP contribution in [-0.2, 0) is 0 Å². The van der Waals surface area contributed by atoms with Crippen LogP contribution in [0.25, 0.3) is 103 Å². The first-order valence-electron chi connectivity index (χ1n) is 18.3. The highest BCUT2D eigenvalue weighted by molar-refractivity contribution is 6.15. The van der Waals surface area contributed by atoms with Crippen molar-refractivity contribution in [3.8, 4) is 28.2 Å². The van der Waals surface area contributed by atoms with E-state index in [1.165, 1.54) is 21.5 Å². The largest absolute Gasteiger partial charge is 0.319 e. The van der Waals surface area contributed by atoms with E-state index in [4.69, 9.17) is 13.1 Å². The van der Waals surface area contributed by atoms with Crippen LogP contribution < -0.4 is 0 Å². The standard InChI is InChI=1S/C50H29N5/c1-51-33-27-29-47-40(31-33)38-18-7-11-23-45(38)54(47)49-30-32(26-28-41(49)52-2)34-14-3-8-20-42(34)55-46-24-12-6-17-37(46)39-19-13-25-48(50(39)55)53-43-21-9-4-15-35(43)36-16-5-10-22-44(36)53/h3-31H. The highest BCUT2D eigenvalue weighted by atomic mass is 15.1. The van der Waals surface area contributed by atoms with E-state index in [0.29, 0.717) is 11.4 Å². The molecule has 0 radical (unpaired) electrons. The lowest BCUT2D eigenvalue weighted by atomic mass is 10.0. The van der Waals surface area contributed by atoms with Crippen LogP contribution in [0.4, 0.5) is 11.4 Å². The average Bonchev–Trinajstić information content (AvgIpc) is 3.89. The molecule has 0 unspecified atom stereocenters. The summed E-state index contributed by atoms with van der Waals surface area (Å²) < 4.78 is 7.02. The summed E-state index contributed by atoms with van der Waals surface area (Å²) in [5.74, 6) is 0. The molecule has 8 aromatic carbocycles. The Morgan fingerprint density at radius 1 is 0.345 bits per heavy atom. The van der Waals surface area contributed by atoms with Gasteiger partial charge < -0.3 is 13.7 Å². The second-order valence-corrected chi connectivity index (χ2v) is 13.9. The average molecular weight is 700 g/mol. The third kappa shape index (κ3) is 4.39. The fourth-order valence-electron chi connectivity index (χ4n) is 8.78. The molecule has 3 aromatic heterocycles. The van der Waals surface area contributed by atoms with Crippen molar-refractivity contribution >= 4 is 76.8 Å². The summed E-state index contributed by atoms with van der Waals surface area (Å²) in [4.78, 5) is 7.74. The van der Waals surface area contributed by atoms with Crippen molar-refractivity contribution < 1.29 is 0 Å². The van der Waals surface area contributed by atoms with Crippen molar-refractivity contribution in [2.45, 2.75) is 0 Å². The van der Waals surface area contributed by atoms with Gasteiger partial charge >= 0.3 is 0 Å². The van der Waals surface area contributed by atoms with E-state index >= 15 is 0 Å². The minimum absolute atomic E-state index is 0.559. The fourth-order valence-corrected chi connectivity index (χ4v) is 8.78. The summed E-state index contributed by atoms with van der Waals surface area (Å²) in [7, 11) is 0. The number of rotatable bonds is 4. The number of para-hydroxylation sites is 6. The molecule has 0 atom stereocenters. The van der Waals surface area contributed by atoms with E-state index in [-0.39, 0.29) is 0 Å². The summed E-state index contributed by atoms with van der Waals surface area (Å²) in [6, 6.07) is 61.5. The van der Waals surface area contributed by atoms with E-state index in [9.17, 15) is 0 Å². The third-order valence-corrected chi connectivity index (χ3v) is 11.1. The molecule has 0 aliphatic heterocycles. The van der Waals surface area contributed by atoms with Crippen molar-refractivity contribution in [3.63, 3.8) is 0 Å². The molecule has 0 saturated heterocycles. The van der Waals surface area contributed by atoms with Gasteiger partial charge in [0.1, 0.15) is 0 Å². The normalized spacial score (nSPS) is 11.6. The van der Waals surface area contributed by atoms with Crippen molar-refractivity contribution in [2.24, 2.45) is 0 Å². The maximum atomic E-state index is 8.25. The molecule has 11 rings (SSSR count). The van der Waals surface area contributed by atoms with Crippen LogP contribution in [0.3, 0.4) is 0 Å². The molecule has 0 aliphatic carbocycles. The minimum Gasteiger partial charge on any atom is -0.319 e. The second-order valence-electron chi connectivity index (χ2n) is 13.9. The Labute approximate surface area is 316 Å². The first-order chi connectivity index (χ1) is 27.2. The molecule has 0 fully saturated rings. The Morgan fingerprint density at radius 3 is 1.51 bits per heavy atom. The molecule has 5 nitrogen and oxygen atoms in total. The number of benzene rings is 8. The van der Waals surface area contributed by atoms with Gasteiger partial charge in [0.2, 0.25) is 5.69 Å². The van der Waals surface area contributed by atoms with Crippen LogP contribution in [0, 0.1) is 13.1 Å². The van der Waals surface area contributed by atoms with Gasteiger partial charge in [-0.2, -0.15) is 0 Å². The van der Waals surface area contributed by atoms with Crippen molar-refractivity contribution in [1.29, 1.82) is 0 Å². The maximum Gasteiger partial charge on any atom is 0.210 e. The molecule has 0 aliphatic rings. The Kier molecular flexibility index (Phi) is 6.61. The van der Waals surface area contributed by atoms with E-state index < -0.39 is 0 Å². The van der Waals surface area contributed by atoms with Crippen molar-refractivity contribution in [3.05, 3.63) is 199 Å². The van der Waals surface area contributed by atoms with Crippen LogP contribution in [0.5, 0.6) is 0 Å². The zero-order chi connectivity index (χ0) is 36.6. The van der Waals surface area contributed by atoms with E-state index in [1.807, 2.05) is 36.4 Å². The van der Waals surface area contributed by atoms with Crippen LogP contribution in [0.2, 0.25) is 0 Å². The Balaban J connectivity index is 1.21. The molecule has 0 saturated carbocycles. The van der Waals surface area contributed by atoms with Gasteiger partial charge in [0, 0.05) is 32.5 Å². The van der Waals surface area contributed by atoms with Gasteiger partial charge in [0.05, 0.1) is 63.3 Å². The summed E-state index contributed by atoms with van der Waals surface area (Å²) in [6.07, 6.45) is 0. The lowest BCUT2D eigenvalue weighted by Gasteiger charge is -2.18. The van der Waals surface area contributed by atoms with Crippen LogP contribution >= 0.6 is 0 Å². The van der Waals surface area contributed by atoms with Gasteiger partial charge in [-0.05, 0) is 65.5 Å². The van der Waals surface area contributed by atoms with Crippen LogP contribution in [-0.4, -0.2) is 13.7 Å². The smallest absolute Gasteiger partial charge is 0.210 e. The molecule has 5 heteroatoms. The fraction of sp³-hybridized carbons (Fsp3) is 0. The quantitative estimate of drug-likeness (QED) is 0.163. The molecule has 3 heterocycles. The van der Waals surface area contributed by atoms with Crippen LogP contribution in [0.1, 0.15) is 0 Å². The van der Waals surface area contributed by atoms with Gasteiger partial charge in [0.15, 0.2) is 5.69 Å². The molecule has 55 heavy (non-hydrogen) atoms. The van der Waals surface area contributed by atoms with Gasteiger partial charge in [-0.1, -0.05) is 121 Å². The first-order valence-corrected chi connectivity index (χ1v) is 18.3. The number of fused-ring (bicyclic) bond motifs is 9. The van der Waals surface area contributed by atoms with Gasteiger partial charge in [-0.3, -0.25) is 0 Å². The SMILES string of the molecule is [C-]#[N+]c1ccc2c(c1)c1ccccc1n2-c1cc(-c2ccccc2-n2c3ccccc3c3cccc(-n4c5ccccc5c5ccccc54)c32)ccc1[N+]#[C-]. The second kappa shape index (κ2) is 11.8. The number of aromatic nitrogens is 3. The predicted molar refractivity (Wildman–Crippen MR) is 227 cm³/mol. The lowest BCUT2D eigenvalue weighted by molar-refractivity contribution is 1.13. The molecular weight excluding hydrogens is 671 g/mol. The van der Waals surface area contributed by atoms with Gasteiger partial charge in [0.25, 0.3) is 0 Å². The Hall–Kier alpha value is -7.86. The highest BCUT2D eigenvalue weighted by Gasteiger charge is 2.22. The monoisotopic (exact) mass is 699 g/mol. The zero-order valence-electron chi connectivity index (χ0n) is 29.5. The predicted octanol–water partition coefficient (Wildman–Crippen LogP) is 13.7. The third-order valence-electron chi connectivity index (χ3n) is 11.1. The first kappa shape index (κ1) is 30.7. The van der Waals surface area contributed by atoms with E-state index in [1.54, 1.807) is 0 Å². The number of nitrogens with zero attached hydrogens (tertiary/aromatic N) is 5. The Bertz CT molecular complexity index is 3420. The Morgan fingerprint density at radius 2 is 0.855 bits per heavy atom. The van der Waals surface area contributed by atoms with Crippen molar-refractivity contribution in [2.75, 3.05) is 0 Å². The summed E-state index contributed by atoms with van der Waals surface area (Å²) in [5.41, 5.74) is 12.7. The molecule has 0 amide bonds. The molecule has 254 valence electrons. The topological polar surface area (TPSA) is 23.5 Å². The molecule has 11 aromatic rings. The minimum atomic E-state index is 0.559. The molecule has 0 N–H and O–H groups in total. The summed E-state index contributed by atoms with van der Waals surface area (Å²) >= 11 is 0.